The van der Waals surface area contributed by atoms with E-state index in [2.05, 4.69) is 34.7 Å². The molecular formula is C13H8INO2. The molecule has 0 fully saturated rings. The second-order valence-electron chi connectivity index (χ2n) is 4.04. The summed E-state index contributed by atoms with van der Waals surface area (Å²) in [6, 6.07) is 11.3. The van der Waals surface area contributed by atoms with Gasteiger partial charge in [-0.15, -0.1) is 0 Å². The summed E-state index contributed by atoms with van der Waals surface area (Å²) in [5.74, 6) is 0. The lowest BCUT2D eigenvalue weighted by atomic mass is 10.1. The molecule has 0 amide bonds. The zero-order chi connectivity index (χ0) is 12.0. The van der Waals surface area contributed by atoms with Crippen LogP contribution in [0.5, 0.6) is 0 Å². The van der Waals surface area contributed by atoms with Crippen LogP contribution < -0.4 is 0 Å². The molecule has 0 saturated carbocycles. The van der Waals surface area contributed by atoms with Gasteiger partial charge in [0.05, 0.1) is 4.92 Å². The van der Waals surface area contributed by atoms with Crippen LogP contribution in [0.1, 0.15) is 11.1 Å². The number of nitro benzene ring substituents is 1. The Morgan fingerprint density at radius 1 is 1.18 bits per heavy atom. The molecule has 1 aliphatic rings. The molecule has 0 spiro atoms. The highest BCUT2D eigenvalue weighted by Crippen LogP contribution is 2.39. The van der Waals surface area contributed by atoms with E-state index >= 15 is 0 Å². The van der Waals surface area contributed by atoms with E-state index in [9.17, 15) is 10.1 Å². The van der Waals surface area contributed by atoms with Gasteiger partial charge < -0.3 is 0 Å². The van der Waals surface area contributed by atoms with Gasteiger partial charge in [0.15, 0.2) is 0 Å². The van der Waals surface area contributed by atoms with Crippen molar-refractivity contribution in [1.29, 1.82) is 0 Å². The lowest BCUT2D eigenvalue weighted by Gasteiger charge is -2.01. The number of fused-ring (bicyclic) bond motifs is 3. The van der Waals surface area contributed by atoms with Gasteiger partial charge in [0.25, 0.3) is 5.69 Å². The second kappa shape index (κ2) is 3.80. The van der Waals surface area contributed by atoms with Crippen LogP contribution in [0.4, 0.5) is 5.69 Å². The quantitative estimate of drug-likeness (QED) is 0.385. The minimum atomic E-state index is -0.339. The van der Waals surface area contributed by atoms with Gasteiger partial charge in [-0.1, -0.05) is 12.1 Å². The molecule has 3 rings (SSSR count). The molecule has 17 heavy (non-hydrogen) atoms. The molecule has 0 saturated heterocycles. The fraction of sp³-hybridized carbons (Fsp3) is 0.0769. The molecule has 0 heterocycles. The molecule has 2 aromatic rings. The summed E-state index contributed by atoms with van der Waals surface area (Å²) in [5, 5.41) is 10.7. The molecule has 0 bridgehead atoms. The van der Waals surface area contributed by atoms with Crippen LogP contribution in [0.2, 0.25) is 0 Å². The average molecular weight is 337 g/mol. The normalized spacial score (nSPS) is 12.1. The highest BCUT2D eigenvalue weighted by Gasteiger charge is 2.22. The minimum absolute atomic E-state index is 0.173. The number of non-ortho nitro benzene ring substituents is 1. The summed E-state index contributed by atoms with van der Waals surface area (Å²) in [7, 11) is 0. The van der Waals surface area contributed by atoms with Crippen LogP contribution in [0, 0.1) is 13.7 Å². The van der Waals surface area contributed by atoms with E-state index in [1.165, 1.54) is 14.7 Å². The van der Waals surface area contributed by atoms with Crippen molar-refractivity contribution >= 4 is 28.3 Å². The van der Waals surface area contributed by atoms with Gasteiger partial charge in [-0.3, -0.25) is 10.1 Å². The van der Waals surface area contributed by atoms with Crippen molar-refractivity contribution < 1.29 is 4.92 Å². The Morgan fingerprint density at radius 3 is 2.76 bits per heavy atom. The topological polar surface area (TPSA) is 43.1 Å². The predicted octanol–water partition coefficient (Wildman–Crippen LogP) is 3.77. The average Bonchev–Trinajstić information content (AvgIpc) is 2.68. The number of nitro groups is 1. The zero-order valence-corrected chi connectivity index (χ0v) is 11.0. The van der Waals surface area contributed by atoms with Crippen LogP contribution in [0.25, 0.3) is 11.1 Å². The van der Waals surface area contributed by atoms with Gasteiger partial charge in [0.2, 0.25) is 0 Å². The first kappa shape index (κ1) is 10.7. The third-order valence-corrected chi connectivity index (χ3v) is 4.09. The van der Waals surface area contributed by atoms with Gasteiger partial charge in [0, 0.05) is 15.7 Å². The van der Waals surface area contributed by atoms with E-state index in [1.807, 2.05) is 12.1 Å². The van der Waals surface area contributed by atoms with Gasteiger partial charge in [0.1, 0.15) is 0 Å². The SMILES string of the molecule is O=[N+]([O-])c1ccc2c(c1)Cc1c(I)cccc1-2. The Hall–Kier alpha value is -1.43. The Morgan fingerprint density at radius 2 is 2.00 bits per heavy atom. The third kappa shape index (κ3) is 1.63. The van der Waals surface area contributed by atoms with Crippen molar-refractivity contribution in [3.63, 3.8) is 0 Å². The first-order valence-corrected chi connectivity index (χ1v) is 6.30. The fourth-order valence-corrected chi connectivity index (χ4v) is 2.97. The van der Waals surface area contributed by atoms with E-state index in [0.717, 1.165) is 17.5 Å². The maximum absolute atomic E-state index is 10.7. The van der Waals surface area contributed by atoms with Gasteiger partial charge in [-0.05, 0) is 63.4 Å². The Bertz CT molecular complexity index is 637. The second-order valence-corrected chi connectivity index (χ2v) is 5.20. The zero-order valence-electron chi connectivity index (χ0n) is 8.81. The molecule has 0 aliphatic heterocycles. The largest absolute Gasteiger partial charge is 0.269 e. The molecule has 0 N–H and O–H groups in total. The monoisotopic (exact) mass is 337 g/mol. The highest BCUT2D eigenvalue weighted by molar-refractivity contribution is 14.1. The third-order valence-electron chi connectivity index (χ3n) is 3.08. The lowest BCUT2D eigenvalue weighted by molar-refractivity contribution is -0.384. The molecule has 1 aliphatic carbocycles. The Balaban J connectivity index is 2.19. The number of benzene rings is 2. The van der Waals surface area contributed by atoms with Crippen molar-refractivity contribution in [2.75, 3.05) is 0 Å². The molecular weight excluding hydrogens is 329 g/mol. The molecule has 2 aromatic carbocycles. The molecule has 0 aromatic heterocycles. The number of halogens is 1. The predicted molar refractivity (Wildman–Crippen MR) is 74.1 cm³/mol. The molecule has 0 radical (unpaired) electrons. The van der Waals surface area contributed by atoms with E-state index in [-0.39, 0.29) is 10.6 Å². The fourth-order valence-electron chi connectivity index (χ4n) is 2.28. The minimum Gasteiger partial charge on any atom is -0.258 e. The summed E-state index contributed by atoms with van der Waals surface area (Å²) < 4.78 is 1.22. The van der Waals surface area contributed by atoms with E-state index in [0.29, 0.717) is 0 Å². The molecule has 84 valence electrons. The highest BCUT2D eigenvalue weighted by atomic mass is 127. The Kier molecular flexibility index (Phi) is 2.39. The maximum Gasteiger partial charge on any atom is 0.269 e. The molecule has 4 heteroatoms. The molecule has 3 nitrogen and oxygen atoms in total. The van der Waals surface area contributed by atoms with Gasteiger partial charge in [-0.2, -0.15) is 0 Å². The van der Waals surface area contributed by atoms with Crippen LogP contribution in [-0.2, 0) is 6.42 Å². The summed E-state index contributed by atoms with van der Waals surface area (Å²) in [4.78, 5) is 10.4. The standard InChI is InChI=1S/C13H8INO2/c14-13-3-1-2-11-10-5-4-9(15(16)17)6-8(10)7-12(11)13/h1-6H,7H2. The first-order valence-electron chi connectivity index (χ1n) is 5.22. The van der Waals surface area contributed by atoms with Crippen LogP contribution >= 0.6 is 22.6 Å². The van der Waals surface area contributed by atoms with Crippen LogP contribution in [-0.4, -0.2) is 4.92 Å². The summed E-state index contributed by atoms with van der Waals surface area (Å²) in [5.41, 5.74) is 4.85. The van der Waals surface area contributed by atoms with E-state index in [4.69, 9.17) is 0 Å². The number of hydrogen-bond donors (Lipinski definition) is 0. The van der Waals surface area contributed by atoms with Crippen LogP contribution in [0.15, 0.2) is 36.4 Å². The van der Waals surface area contributed by atoms with Crippen molar-refractivity contribution in [2.45, 2.75) is 6.42 Å². The van der Waals surface area contributed by atoms with E-state index in [1.54, 1.807) is 12.1 Å². The van der Waals surface area contributed by atoms with Crippen LogP contribution in [0.3, 0.4) is 0 Å². The smallest absolute Gasteiger partial charge is 0.258 e. The van der Waals surface area contributed by atoms with Gasteiger partial charge in [-0.25, -0.2) is 0 Å². The number of nitrogens with zero attached hydrogens (tertiary/aromatic N) is 1. The summed E-state index contributed by atoms with van der Waals surface area (Å²) in [6.07, 6.45) is 0.797. The van der Waals surface area contributed by atoms with Gasteiger partial charge >= 0.3 is 0 Å². The van der Waals surface area contributed by atoms with Crippen molar-refractivity contribution in [2.24, 2.45) is 0 Å². The number of rotatable bonds is 1. The maximum atomic E-state index is 10.7. The molecule has 0 unspecified atom stereocenters. The molecule has 0 atom stereocenters. The lowest BCUT2D eigenvalue weighted by Crippen LogP contribution is -1.89. The van der Waals surface area contributed by atoms with Crippen molar-refractivity contribution in [3.8, 4) is 11.1 Å². The summed E-state index contributed by atoms with van der Waals surface area (Å²) >= 11 is 2.31. The first-order chi connectivity index (χ1) is 8.16. The number of hydrogen-bond acceptors (Lipinski definition) is 2. The Labute approximate surface area is 112 Å². The summed E-state index contributed by atoms with van der Waals surface area (Å²) in [6.45, 7) is 0. The van der Waals surface area contributed by atoms with Crippen molar-refractivity contribution in [1.82, 2.24) is 0 Å². The van der Waals surface area contributed by atoms with Crippen molar-refractivity contribution in [3.05, 3.63) is 61.2 Å². The van der Waals surface area contributed by atoms with E-state index < -0.39 is 0 Å².